The fourth-order valence-electron chi connectivity index (χ4n) is 1.51. The van der Waals surface area contributed by atoms with Gasteiger partial charge in [-0.25, -0.2) is 0 Å². The van der Waals surface area contributed by atoms with Gasteiger partial charge in [0.15, 0.2) is 0 Å². The molecule has 88 valence electrons. The molecule has 2 N–H and O–H groups in total. The first kappa shape index (κ1) is 12.5. The van der Waals surface area contributed by atoms with Crippen LogP contribution in [-0.2, 0) is 22.6 Å². The number of hydrogen-bond donors (Lipinski definition) is 2. The third-order valence-electron chi connectivity index (χ3n) is 2.47. The van der Waals surface area contributed by atoms with Crippen LogP contribution in [-0.4, -0.2) is 23.3 Å². The van der Waals surface area contributed by atoms with Crippen molar-refractivity contribution in [3.63, 3.8) is 0 Å². The largest absolute Gasteiger partial charge is 0.508 e. The van der Waals surface area contributed by atoms with Crippen molar-refractivity contribution in [2.75, 3.05) is 7.11 Å². The Morgan fingerprint density at radius 3 is 2.69 bits per heavy atom. The second-order valence-corrected chi connectivity index (χ2v) is 3.75. The van der Waals surface area contributed by atoms with E-state index in [0.717, 1.165) is 5.56 Å². The maximum Gasteiger partial charge on any atom is 0.308 e. The maximum atomic E-state index is 11.2. The fraction of sp³-hybridized carbons (Fsp3) is 0.417. The van der Waals surface area contributed by atoms with Gasteiger partial charge >= 0.3 is 5.97 Å². The highest BCUT2D eigenvalue weighted by molar-refractivity contribution is 5.72. The molecule has 1 unspecified atom stereocenters. The van der Waals surface area contributed by atoms with Crippen molar-refractivity contribution in [2.24, 2.45) is 5.92 Å². The Morgan fingerprint density at radius 2 is 2.19 bits per heavy atom. The molecule has 0 saturated carbocycles. The molecule has 1 rings (SSSR count). The number of aliphatic hydroxyl groups excluding tert-OH is 1. The minimum atomic E-state index is -0.272. The summed E-state index contributed by atoms with van der Waals surface area (Å²) in [7, 11) is 1.35. The molecule has 0 heterocycles. The lowest BCUT2D eigenvalue weighted by Gasteiger charge is -2.10. The number of phenols is 1. The summed E-state index contributed by atoms with van der Waals surface area (Å²) < 4.78 is 4.62. The van der Waals surface area contributed by atoms with Crippen molar-refractivity contribution in [3.05, 3.63) is 29.3 Å². The van der Waals surface area contributed by atoms with E-state index < -0.39 is 0 Å². The Morgan fingerprint density at radius 1 is 1.50 bits per heavy atom. The first-order valence-corrected chi connectivity index (χ1v) is 5.08. The van der Waals surface area contributed by atoms with Crippen LogP contribution in [0.15, 0.2) is 18.2 Å². The van der Waals surface area contributed by atoms with E-state index in [-0.39, 0.29) is 24.2 Å². The standard InChI is InChI=1S/C12H16O4/c1-8(12(15)16-2)5-9-3-4-10(7-13)11(14)6-9/h3-4,6,8,13-14H,5,7H2,1-2H3. The predicted octanol–water partition coefficient (Wildman–Crippen LogP) is 1.24. The van der Waals surface area contributed by atoms with Crippen LogP contribution in [0.3, 0.4) is 0 Å². The van der Waals surface area contributed by atoms with Crippen LogP contribution in [0, 0.1) is 5.92 Å². The fourth-order valence-corrected chi connectivity index (χ4v) is 1.51. The summed E-state index contributed by atoms with van der Waals surface area (Å²) >= 11 is 0. The molecule has 0 aliphatic heterocycles. The molecule has 0 amide bonds. The Labute approximate surface area is 94.5 Å². The number of ether oxygens (including phenoxy) is 1. The van der Waals surface area contributed by atoms with Gasteiger partial charge in [0.05, 0.1) is 19.6 Å². The number of esters is 1. The number of carbonyl (C=O) groups excluding carboxylic acids is 1. The van der Waals surface area contributed by atoms with E-state index in [1.807, 2.05) is 0 Å². The molecule has 1 aromatic rings. The zero-order valence-corrected chi connectivity index (χ0v) is 9.43. The Bertz CT molecular complexity index is 373. The number of methoxy groups -OCH3 is 1. The van der Waals surface area contributed by atoms with Gasteiger partial charge in [-0.2, -0.15) is 0 Å². The van der Waals surface area contributed by atoms with E-state index in [1.165, 1.54) is 7.11 Å². The zero-order valence-electron chi connectivity index (χ0n) is 9.43. The lowest BCUT2D eigenvalue weighted by Crippen LogP contribution is -2.15. The zero-order chi connectivity index (χ0) is 12.1. The average molecular weight is 224 g/mol. The molecule has 0 fully saturated rings. The van der Waals surface area contributed by atoms with Gasteiger partial charge in [0.2, 0.25) is 0 Å². The molecule has 0 saturated heterocycles. The van der Waals surface area contributed by atoms with Gasteiger partial charge in [-0.3, -0.25) is 4.79 Å². The number of aliphatic hydroxyl groups is 1. The molecule has 0 spiro atoms. The van der Waals surface area contributed by atoms with Gasteiger partial charge in [0.25, 0.3) is 0 Å². The highest BCUT2D eigenvalue weighted by atomic mass is 16.5. The quantitative estimate of drug-likeness (QED) is 0.755. The second kappa shape index (κ2) is 5.51. The van der Waals surface area contributed by atoms with Gasteiger partial charge in [-0.05, 0) is 18.1 Å². The summed E-state index contributed by atoms with van der Waals surface area (Å²) in [4.78, 5) is 11.2. The third-order valence-corrected chi connectivity index (χ3v) is 2.47. The van der Waals surface area contributed by atoms with Crippen LogP contribution in [0.25, 0.3) is 0 Å². The monoisotopic (exact) mass is 224 g/mol. The topological polar surface area (TPSA) is 66.8 Å². The molecule has 4 heteroatoms. The van der Waals surface area contributed by atoms with Crippen molar-refractivity contribution in [1.29, 1.82) is 0 Å². The number of rotatable bonds is 4. The minimum Gasteiger partial charge on any atom is -0.508 e. The average Bonchev–Trinajstić information content (AvgIpc) is 2.28. The lowest BCUT2D eigenvalue weighted by atomic mass is 10.00. The van der Waals surface area contributed by atoms with Crippen LogP contribution in [0.1, 0.15) is 18.1 Å². The molecule has 0 aromatic heterocycles. The van der Waals surface area contributed by atoms with Crippen LogP contribution in [0.4, 0.5) is 0 Å². The van der Waals surface area contributed by atoms with Gasteiger partial charge in [-0.15, -0.1) is 0 Å². The van der Waals surface area contributed by atoms with E-state index >= 15 is 0 Å². The van der Waals surface area contributed by atoms with E-state index in [1.54, 1.807) is 25.1 Å². The maximum absolute atomic E-state index is 11.2. The van der Waals surface area contributed by atoms with E-state index in [9.17, 15) is 9.90 Å². The van der Waals surface area contributed by atoms with Crippen LogP contribution < -0.4 is 0 Å². The molecule has 0 bridgehead atoms. The number of hydrogen-bond acceptors (Lipinski definition) is 4. The van der Waals surface area contributed by atoms with Crippen molar-refractivity contribution < 1.29 is 19.7 Å². The smallest absolute Gasteiger partial charge is 0.308 e. The van der Waals surface area contributed by atoms with Gasteiger partial charge in [-0.1, -0.05) is 19.1 Å². The summed E-state index contributed by atoms with van der Waals surface area (Å²) in [5.41, 5.74) is 1.32. The highest BCUT2D eigenvalue weighted by Gasteiger charge is 2.14. The normalized spacial score (nSPS) is 12.2. The van der Waals surface area contributed by atoms with Gasteiger partial charge in [0.1, 0.15) is 5.75 Å². The summed E-state index contributed by atoms with van der Waals surface area (Å²) in [6.07, 6.45) is 0.506. The molecule has 0 aliphatic rings. The Hall–Kier alpha value is -1.55. The van der Waals surface area contributed by atoms with Crippen molar-refractivity contribution in [2.45, 2.75) is 20.0 Å². The van der Waals surface area contributed by atoms with Crippen molar-refractivity contribution in [3.8, 4) is 5.75 Å². The lowest BCUT2D eigenvalue weighted by molar-refractivity contribution is -0.144. The van der Waals surface area contributed by atoms with Crippen LogP contribution >= 0.6 is 0 Å². The molecule has 4 nitrogen and oxygen atoms in total. The van der Waals surface area contributed by atoms with Crippen LogP contribution in [0.5, 0.6) is 5.75 Å². The Balaban J connectivity index is 2.75. The molecule has 1 atom stereocenters. The van der Waals surface area contributed by atoms with Crippen molar-refractivity contribution in [1.82, 2.24) is 0 Å². The third kappa shape index (κ3) is 2.97. The van der Waals surface area contributed by atoms with Crippen LogP contribution in [0.2, 0.25) is 0 Å². The van der Waals surface area contributed by atoms with E-state index in [4.69, 9.17) is 5.11 Å². The first-order valence-electron chi connectivity index (χ1n) is 5.08. The molecule has 0 radical (unpaired) electrons. The molecule has 16 heavy (non-hydrogen) atoms. The Kier molecular flexibility index (Phi) is 4.31. The van der Waals surface area contributed by atoms with Gasteiger partial charge in [0, 0.05) is 5.56 Å². The molecular formula is C12H16O4. The number of carbonyl (C=O) groups is 1. The summed E-state index contributed by atoms with van der Waals surface area (Å²) in [6.45, 7) is 1.57. The number of aromatic hydroxyl groups is 1. The van der Waals surface area contributed by atoms with Gasteiger partial charge < -0.3 is 14.9 Å². The van der Waals surface area contributed by atoms with E-state index in [0.29, 0.717) is 12.0 Å². The SMILES string of the molecule is COC(=O)C(C)Cc1ccc(CO)c(O)c1. The second-order valence-electron chi connectivity index (χ2n) is 3.75. The minimum absolute atomic E-state index is 0.0528. The molecule has 1 aromatic carbocycles. The molecular weight excluding hydrogens is 208 g/mol. The summed E-state index contributed by atoms with van der Waals surface area (Å²) in [5.74, 6) is -0.466. The number of benzene rings is 1. The predicted molar refractivity (Wildman–Crippen MR) is 58.9 cm³/mol. The summed E-state index contributed by atoms with van der Waals surface area (Å²) in [5, 5.41) is 18.4. The highest BCUT2D eigenvalue weighted by Crippen LogP contribution is 2.20. The van der Waals surface area contributed by atoms with Crippen molar-refractivity contribution >= 4 is 5.97 Å². The summed E-state index contributed by atoms with van der Waals surface area (Å²) in [6, 6.07) is 4.99. The first-order chi connectivity index (χ1) is 7.58. The molecule has 0 aliphatic carbocycles. The van der Waals surface area contributed by atoms with E-state index in [2.05, 4.69) is 4.74 Å².